The van der Waals surface area contributed by atoms with Gasteiger partial charge in [-0.3, -0.25) is 4.79 Å². The van der Waals surface area contributed by atoms with Gasteiger partial charge in [-0.1, -0.05) is 11.6 Å². The molecular weight excluding hydrogens is 228 g/mol. The van der Waals surface area contributed by atoms with Crippen molar-refractivity contribution in [3.63, 3.8) is 0 Å². The van der Waals surface area contributed by atoms with Crippen molar-refractivity contribution >= 4 is 17.5 Å². The molecule has 2 saturated heterocycles. The first-order chi connectivity index (χ1) is 7.77. The molecule has 4 nitrogen and oxygen atoms in total. The summed E-state index contributed by atoms with van der Waals surface area (Å²) in [5.74, 6) is 0.809. The summed E-state index contributed by atoms with van der Waals surface area (Å²) in [6.45, 7) is 2.81. The third kappa shape index (κ3) is 1.44. The Labute approximate surface area is 98.5 Å². The highest BCUT2D eigenvalue weighted by Gasteiger charge is 2.44. The Hall–Kier alpha value is -1.00. The van der Waals surface area contributed by atoms with Crippen LogP contribution in [0.15, 0.2) is 16.7 Å². The number of piperidine rings is 1. The molecule has 86 valence electrons. The van der Waals surface area contributed by atoms with Gasteiger partial charge in [-0.05, 0) is 19.0 Å². The molecule has 1 N–H and O–H groups in total. The third-order valence-electron chi connectivity index (χ3n) is 3.47. The van der Waals surface area contributed by atoms with E-state index >= 15 is 0 Å². The van der Waals surface area contributed by atoms with Gasteiger partial charge in [-0.25, -0.2) is 0 Å². The number of halogens is 1. The summed E-state index contributed by atoms with van der Waals surface area (Å²) >= 11 is 5.88. The Kier molecular flexibility index (Phi) is 2.41. The van der Waals surface area contributed by atoms with Crippen LogP contribution in [0.5, 0.6) is 0 Å². The molecule has 0 aromatic carbocycles. The van der Waals surface area contributed by atoms with Crippen molar-refractivity contribution in [2.45, 2.75) is 12.5 Å². The Morgan fingerprint density at radius 1 is 1.62 bits per heavy atom. The van der Waals surface area contributed by atoms with Gasteiger partial charge in [-0.2, -0.15) is 0 Å². The number of likely N-dealkylation sites (tertiary alicyclic amines) is 1. The number of nitrogens with one attached hydrogen (secondary N) is 1. The SMILES string of the molecule is O=C(c1occc1Cl)N1CC2CNCCC21. The Morgan fingerprint density at radius 2 is 2.50 bits per heavy atom. The van der Waals surface area contributed by atoms with Gasteiger partial charge >= 0.3 is 0 Å². The van der Waals surface area contributed by atoms with E-state index in [2.05, 4.69) is 5.32 Å². The van der Waals surface area contributed by atoms with Crippen LogP contribution in [-0.4, -0.2) is 36.5 Å². The van der Waals surface area contributed by atoms with Gasteiger partial charge in [-0.15, -0.1) is 0 Å². The van der Waals surface area contributed by atoms with Crippen LogP contribution in [0.3, 0.4) is 0 Å². The van der Waals surface area contributed by atoms with Crippen LogP contribution < -0.4 is 5.32 Å². The lowest BCUT2D eigenvalue weighted by Gasteiger charge is -2.50. The molecule has 2 fully saturated rings. The second kappa shape index (κ2) is 3.79. The number of hydrogen-bond acceptors (Lipinski definition) is 3. The maximum absolute atomic E-state index is 12.1. The van der Waals surface area contributed by atoms with E-state index < -0.39 is 0 Å². The Bertz CT molecular complexity index is 418. The summed E-state index contributed by atoms with van der Waals surface area (Å²) < 4.78 is 5.12. The number of amides is 1. The predicted octanol–water partition coefficient (Wildman–Crippen LogP) is 1.37. The summed E-state index contributed by atoms with van der Waals surface area (Å²) in [7, 11) is 0. The van der Waals surface area contributed by atoms with Crippen LogP contribution >= 0.6 is 11.6 Å². The number of furan rings is 1. The number of carbonyl (C=O) groups excluding carboxylic acids is 1. The van der Waals surface area contributed by atoms with Gasteiger partial charge in [0.05, 0.1) is 11.3 Å². The summed E-state index contributed by atoms with van der Waals surface area (Å²) in [4.78, 5) is 14.0. The highest BCUT2D eigenvalue weighted by molar-refractivity contribution is 6.33. The summed E-state index contributed by atoms with van der Waals surface area (Å²) in [5.41, 5.74) is 0. The van der Waals surface area contributed by atoms with Crippen molar-refractivity contribution in [1.29, 1.82) is 0 Å². The molecule has 5 heteroatoms. The lowest BCUT2D eigenvalue weighted by Crippen LogP contribution is -2.64. The first-order valence-corrected chi connectivity index (χ1v) is 5.90. The predicted molar refractivity (Wildman–Crippen MR) is 59.5 cm³/mol. The highest BCUT2D eigenvalue weighted by atomic mass is 35.5. The van der Waals surface area contributed by atoms with Crippen LogP contribution in [0.2, 0.25) is 5.02 Å². The molecule has 2 atom stereocenters. The Balaban J connectivity index is 1.75. The molecule has 2 unspecified atom stereocenters. The average molecular weight is 241 g/mol. The van der Waals surface area contributed by atoms with E-state index in [1.54, 1.807) is 6.07 Å². The van der Waals surface area contributed by atoms with Crippen molar-refractivity contribution in [3.8, 4) is 0 Å². The number of fused-ring (bicyclic) bond motifs is 1. The number of rotatable bonds is 1. The molecule has 1 aromatic heterocycles. The molecule has 2 aliphatic heterocycles. The molecular formula is C11H13ClN2O2. The zero-order valence-electron chi connectivity index (χ0n) is 8.78. The molecule has 0 radical (unpaired) electrons. The standard InChI is InChI=1S/C11H13ClN2O2/c12-8-2-4-16-10(8)11(15)14-6-7-5-13-3-1-9(7)14/h2,4,7,9,13H,1,3,5-6H2. The molecule has 3 heterocycles. The molecule has 2 aliphatic rings. The van der Waals surface area contributed by atoms with Crippen molar-refractivity contribution in [2.24, 2.45) is 5.92 Å². The summed E-state index contributed by atoms with van der Waals surface area (Å²) in [6.07, 6.45) is 2.48. The van der Waals surface area contributed by atoms with E-state index in [1.165, 1.54) is 6.26 Å². The molecule has 0 bridgehead atoms. The van der Waals surface area contributed by atoms with Crippen LogP contribution in [0.25, 0.3) is 0 Å². The van der Waals surface area contributed by atoms with Crippen molar-refractivity contribution in [3.05, 3.63) is 23.1 Å². The van der Waals surface area contributed by atoms with E-state index in [4.69, 9.17) is 16.0 Å². The van der Waals surface area contributed by atoms with Gasteiger partial charge < -0.3 is 14.6 Å². The van der Waals surface area contributed by atoms with Gasteiger partial charge in [0.15, 0.2) is 0 Å². The molecule has 1 aromatic rings. The van der Waals surface area contributed by atoms with Gasteiger partial charge in [0.1, 0.15) is 0 Å². The molecule has 0 saturated carbocycles. The summed E-state index contributed by atoms with van der Waals surface area (Å²) in [6, 6.07) is 1.98. The molecule has 1 amide bonds. The van der Waals surface area contributed by atoms with Crippen LogP contribution in [0.4, 0.5) is 0 Å². The first-order valence-electron chi connectivity index (χ1n) is 5.52. The lowest BCUT2D eigenvalue weighted by atomic mass is 9.83. The first kappa shape index (κ1) is 10.2. The topological polar surface area (TPSA) is 45.5 Å². The third-order valence-corrected chi connectivity index (χ3v) is 3.77. The van der Waals surface area contributed by atoms with Crippen LogP contribution in [0, 0.1) is 5.92 Å². The van der Waals surface area contributed by atoms with E-state index in [1.807, 2.05) is 4.90 Å². The van der Waals surface area contributed by atoms with E-state index in [9.17, 15) is 4.79 Å². The average Bonchev–Trinajstić information content (AvgIpc) is 2.66. The quantitative estimate of drug-likeness (QED) is 0.807. The molecule has 16 heavy (non-hydrogen) atoms. The highest BCUT2D eigenvalue weighted by Crippen LogP contribution is 2.32. The van der Waals surface area contributed by atoms with E-state index in [-0.39, 0.29) is 11.7 Å². The molecule has 3 rings (SSSR count). The molecule has 0 spiro atoms. The number of hydrogen-bond donors (Lipinski definition) is 1. The lowest BCUT2D eigenvalue weighted by molar-refractivity contribution is 0.000114. The van der Waals surface area contributed by atoms with E-state index in [0.29, 0.717) is 17.0 Å². The normalized spacial score (nSPS) is 28.4. The van der Waals surface area contributed by atoms with Crippen molar-refractivity contribution in [2.75, 3.05) is 19.6 Å². The second-order valence-corrected chi connectivity index (χ2v) is 4.78. The second-order valence-electron chi connectivity index (χ2n) is 4.38. The van der Waals surface area contributed by atoms with Gasteiger partial charge in [0.25, 0.3) is 5.91 Å². The maximum atomic E-state index is 12.1. The fourth-order valence-corrected chi connectivity index (χ4v) is 2.74. The largest absolute Gasteiger partial charge is 0.458 e. The Morgan fingerprint density at radius 3 is 3.19 bits per heavy atom. The maximum Gasteiger partial charge on any atom is 0.291 e. The van der Waals surface area contributed by atoms with E-state index in [0.717, 1.165) is 26.1 Å². The van der Waals surface area contributed by atoms with Gasteiger partial charge in [0.2, 0.25) is 5.76 Å². The minimum absolute atomic E-state index is 0.0712. The fourth-order valence-electron chi connectivity index (χ4n) is 2.57. The number of nitrogens with zero attached hydrogens (tertiary/aromatic N) is 1. The zero-order valence-corrected chi connectivity index (χ0v) is 9.54. The fraction of sp³-hybridized carbons (Fsp3) is 0.545. The minimum atomic E-state index is -0.0712. The monoisotopic (exact) mass is 240 g/mol. The zero-order chi connectivity index (χ0) is 11.1. The molecule has 0 aliphatic carbocycles. The minimum Gasteiger partial charge on any atom is -0.458 e. The number of carbonyl (C=O) groups is 1. The van der Waals surface area contributed by atoms with Crippen molar-refractivity contribution < 1.29 is 9.21 Å². The van der Waals surface area contributed by atoms with Crippen LogP contribution in [-0.2, 0) is 0 Å². The van der Waals surface area contributed by atoms with Crippen LogP contribution in [0.1, 0.15) is 17.0 Å². The van der Waals surface area contributed by atoms with Gasteiger partial charge in [0, 0.05) is 25.0 Å². The van der Waals surface area contributed by atoms with Crippen molar-refractivity contribution in [1.82, 2.24) is 10.2 Å². The smallest absolute Gasteiger partial charge is 0.291 e. The summed E-state index contributed by atoms with van der Waals surface area (Å²) in [5, 5.41) is 3.74.